The van der Waals surface area contributed by atoms with E-state index in [0.717, 1.165) is 11.8 Å². The fraction of sp³-hybridized carbons (Fsp3) is 0.562. The molecule has 0 bridgehead atoms. The molecule has 2 heteroatoms. The molecule has 1 rings (SSSR count). The summed E-state index contributed by atoms with van der Waals surface area (Å²) in [5, 5.41) is 0. The molecule has 0 aliphatic heterocycles. The zero-order valence-corrected chi connectivity index (χ0v) is 12.5. The van der Waals surface area contributed by atoms with E-state index in [9.17, 15) is 4.79 Å². The first-order chi connectivity index (χ1) is 8.12. The Balaban J connectivity index is 3.71. The van der Waals surface area contributed by atoms with Gasteiger partial charge in [0.2, 0.25) is 0 Å². The van der Waals surface area contributed by atoms with Crippen LogP contribution in [0.15, 0.2) is 12.1 Å². The number of carbonyl (C=O) groups excluding carboxylic acids is 1. The van der Waals surface area contributed by atoms with Gasteiger partial charge in [0.15, 0.2) is 6.29 Å². The van der Waals surface area contributed by atoms with Crippen molar-refractivity contribution < 1.29 is 9.53 Å². The summed E-state index contributed by atoms with van der Waals surface area (Å²) in [6, 6.07) is 3.90. The molecule has 0 spiro atoms. The number of hydrogen-bond acceptors (Lipinski definition) is 2. The molecule has 0 saturated carbocycles. The number of carbonyl (C=O) groups is 1. The van der Waals surface area contributed by atoms with Crippen molar-refractivity contribution in [3.05, 3.63) is 28.8 Å². The first-order valence-corrected chi connectivity index (χ1v) is 6.30. The summed E-state index contributed by atoms with van der Waals surface area (Å²) in [4.78, 5) is 11.1. The van der Waals surface area contributed by atoms with E-state index >= 15 is 0 Å². The second-order valence-electron chi connectivity index (χ2n) is 6.73. The Morgan fingerprint density at radius 2 is 1.56 bits per heavy atom. The average molecular weight is 248 g/mol. The van der Waals surface area contributed by atoms with Crippen molar-refractivity contribution in [3.8, 4) is 5.75 Å². The minimum absolute atomic E-state index is 0.0251. The lowest BCUT2D eigenvalue weighted by molar-refractivity contribution is 0.112. The predicted molar refractivity (Wildman–Crippen MR) is 75.8 cm³/mol. The number of rotatable bonds is 2. The second kappa shape index (κ2) is 4.75. The lowest BCUT2D eigenvalue weighted by Crippen LogP contribution is -2.23. The van der Waals surface area contributed by atoms with Crippen LogP contribution in [-0.2, 0) is 10.8 Å². The van der Waals surface area contributed by atoms with E-state index in [1.54, 1.807) is 7.11 Å². The standard InChI is InChI=1S/C16H24O2/c1-15(2,3)12-9-8-11(10-17)14(18-7)13(12)16(4,5)6/h8-10H,1-7H3. The van der Waals surface area contributed by atoms with Gasteiger partial charge in [-0.3, -0.25) is 4.79 Å². The van der Waals surface area contributed by atoms with E-state index < -0.39 is 0 Å². The third-order valence-electron chi connectivity index (χ3n) is 3.08. The summed E-state index contributed by atoms with van der Waals surface area (Å²) in [5.74, 6) is 0.713. The minimum Gasteiger partial charge on any atom is -0.496 e. The smallest absolute Gasteiger partial charge is 0.153 e. The third kappa shape index (κ3) is 2.74. The number of aldehydes is 1. The maximum atomic E-state index is 11.1. The molecule has 0 saturated heterocycles. The molecule has 0 aliphatic rings. The molecule has 0 N–H and O–H groups in total. The largest absolute Gasteiger partial charge is 0.496 e. The van der Waals surface area contributed by atoms with Gasteiger partial charge in [0.05, 0.1) is 12.7 Å². The van der Waals surface area contributed by atoms with Crippen LogP contribution in [-0.4, -0.2) is 13.4 Å². The highest BCUT2D eigenvalue weighted by Gasteiger charge is 2.29. The maximum absolute atomic E-state index is 11.1. The first-order valence-electron chi connectivity index (χ1n) is 6.30. The average Bonchev–Trinajstić information content (AvgIpc) is 2.24. The van der Waals surface area contributed by atoms with E-state index in [0.29, 0.717) is 11.3 Å². The Hall–Kier alpha value is -1.31. The fourth-order valence-electron chi connectivity index (χ4n) is 2.28. The molecule has 1 aromatic carbocycles. The molecule has 0 unspecified atom stereocenters. The third-order valence-corrected chi connectivity index (χ3v) is 3.08. The van der Waals surface area contributed by atoms with Crippen LogP contribution >= 0.6 is 0 Å². The van der Waals surface area contributed by atoms with Crippen LogP contribution in [0.4, 0.5) is 0 Å². The molecule has 0 atom stereocenters. The Labute approximate surface area is 110 Å². The van der Waals surface area contributed by atoms with Crippen molar-refractivity contribution in [2.24, 2.45) is 0 Å². The van der Waals surface area contributed by atoms with Crippen LogP contribution in [0, 0.1) is 0 Å². The van der Waals surface area contributed by atoms with Crippen molar-refractivity contribution in [2.45, 2.75) is 52.4 Å². The Bertz CT molecular complexity index is 445. The van der Waals surface area contributed by atoms with Gasteiger partial charge in [-0.25, -0.2) is 0 Å². The second-order valence-corrected chi connectivity index (χ2v) is 6.73. The van der Waals surface area contributed by atoms with Crippen molar-refractivity contribution in [1.82, 2.24) is 0 Å². The van der Waals surface area contributed by atoms with Crippen LogP contribution in [0.2, 0.25) is 0 Å². The Morgan fingerprint density at radius 3 is 1.89 bits per heavy atom. The molecule has 0 amide bonds. The molecule has 2 nitrogen and oxygen atoms in total. The fourth-order valence-corrected chi connectivity index (χ4v) is 2.28. The molecule has 0 aliphatic carbocycles. The zero-order valence-electron chi connectivity index (χ0n) is 12.5. The van der Waals surface area contributed by atoms with Crippen LogP contribution in [0.1, 0.15) is 63.0 Å². The van der Waals surface area contributed by atoms with E-state index in [2.05, 4.69) is 41.5 Å². The normalized spacial score (nSPS) is 12.4. The molecule has 0 fully saturated rings. The summed E-state index contributed by atoms with van der Waals surface area (Å²) in [6.07, 6.45) is 0.862. The van der Waals surface area contributed by atoms with E-state index in [4.69, 9.17) is 4.74 Å². The van der Waals surface area contributed by atoms with Gasteiger partial charge in [-0.15, -0.1) is 0 Å². The highest BCUT2D eigenvalue weighted by atomic mass is 16.5. The van der Waals surface area contributed by atoms with E-state index in [1.807, 2.05) is 12.1 Å². The van der Waals surface area contributed by atoms with Crippen LogP contribution in [0.3, 0.4) is 0 Å². The lowest BCUT2D eigenvalue weighted by Gasteiger charge is -2.32. The maximum Gasteiger partial charge on any atom is 0.153 e. The summed E-state index contributed by atoms with van der Waals surface area (Å²) in [7, 11) is 1.63. The summed E-state index contributed by atoms with van der Waals surface area (Å²) >= 11 is 0. The molecule has 0 aromatic heterocycles. The zero-order chi connectivity index (χ0) is 14.1. The summed E-state index contributed by atoms with van der Waals surface area (Å²) in [6.45, 7) is 13.0. The van der Waals surface area contributed by atoms with Gasteiger partial charge in [0, 0.05) is 5.56 Å². The highest BCUT2D eigenvalue weighted by molar-refractivity contribution is 5.81. The van der Waals surface area contributed by atoms with Crippen molar-refractivity contribution in [1.29, 1.82) is 0 Å². The number of ether oxygens (including phenoxy) is 1. The van der Waals surface area contributed by atoms with Crippen LogP contribution in [0.25, 0.3) is 0 Å². The van der Waals surface area contributed by atoms with Gasteiger partial charge in [-0.1, -0.05) is 47.6 Å². The molecule has 100 valence electrons. The first kappa shape index (κ1) is 14.7. The molecule has 0 heterocycles. The van der Waals surface area contributed by atoms with Gasteiger partial charge in [0.1, 0.15) is 5.75 Å². The van der Waals surface area contributed by atoms with E-state index in [-0.39, 0.29) is 10.8 Å². The highest BCUT2D eigenvalue weighted by Crippen LogP contribution is 2.41. The minimum atomic E-state index is -0.0625. The van der Waals surface area contributed by atoms with E-state index in [1.165, 1.54) is 5.56 Å². The molecule has 18 heavy (non-hydrogen) atoms. The topological polar surface area (TPSA) is 26.3 Å². The summed E-state index contributed by atoms with van der Waals surface area (Å²) < 4.78 is 5.50. The number of hydrogen-bond donors (Lipinski definition) is 0. The van der Waals surface area contributed by atoms with Gasteiger partial charge in [0.25, 0.3) is 0 Å². The van der Waals surface area contributed by atoms with Gasteiger partial charge in [-0.2, -0.15) is 0 Å². The SMILES string of the molecule is COc1c(C=O)ccc(C(C)(C)C)c1C(C)(C)C. The molecule has 1 aromatic rings. The van der Waals surface area contributed by atoms with Crippen molar-refractivity contribution in [3.63, 3.8) is 0 Å². The van der Waals surface area contributed by atoms with Crippen molar-refractivity contribution in [2.75, 3.05) is 7.11 Å². The molecular formula is C16H24O2. The monoisotopic (exact) mass is 248 g/mol. The van der Waals surface area contributed by atoms with Crippen LogP contribution < -0.4 is 4.74 Å². The van der Waals surface area contributed by atoms with Gasteiger partial charge in [-0.05, 0) is 22.5 Å². The predicted octanol–water partition coefficient (Wildman–Crippen LogP) is 4.10. The van der Waals surface area contributed by atoms with Gasteiger partial charge < -0.3 is 4.74 Å². The summed E-state index contributed by atoms with van der Waals surface area (Å²) in [5.41, 5.74) is 2.94. The number of methoxy groups -OCH3 is 1. The lowest BCUT2D eigenvalue weighted by atomic mass is 9.74. The Morgan fingerprint density at radius 1 is 1.00 bits per heavy atom. The quantitative estimate of drug-likeness (QED) is 0.736. The molecular weight excluding hydrogens is 224 g/mol. The van der Waals surface area contributed by atoms with Gasteiger partial charge >= 0.3 is 0 Å². The van der Waals surface area contributed by atoms with Crippen LogP contribution in [0.5, 0.6) is 5.75 Å². The molecule has 0 radical (unpaired) electrons. The number of benzene rings is 1. The van der Waals surface area contributed by atoms with Crippen molar-refractivity contribution >= 4 is 6.29 Å². The Kier molecular flexibility index (Phi) is 3.89.